The Balaban J connectivity index is 2.06. The van der Waals surface area contributed by atoms with Crippen molar-refractivity contribution in [2.75, 3.05) is 6.61 Å². The van der Waals surface area contributed by atoms with Crippen LogP contribution < -0.4 is 10.5 Å². The molecule has 0 aromatic heterocycles. The molecule has 0 fully saturated rings. The minimum Gasteiger partial charge on any atom is -0.483 e. The largest absolute Gasteiger partial charge is 0.483 e. The molecule has 3 rings (SSSR count). The molecule has 1 heterocycles. The third-order valence-electron chi connectivity index (χ3n) is 4.76. The second-order valence-electron chi connectivity index (χ2n) is 6.65. The number of nitriles is 1. The number of carbonyl (C=O) groups excluding carboxylic acids is 1. The molecule has 160 valence electrons. The monoisotopic (exact) mass is 426 g/mol. The lowest BCUT2D eigenvalue weighted by atomic mass is 9.81. The first-order valence-electron chi connectivity index (χ1n) is 9.49. The van der Waals surface area contributed by atoms with Crippen molar-refractivity contribution in [2.45, 2.75) is 26.4 Å². The van der Waals surface area contributed by atoms with Crippen LogP contribution in [0, 0.1) is 23.0 Å². The van der Waals surface area contributed by atoms with E-state index in [2.05, 4.69) is 0 Å². The van der Waals surface area contributed by atoms with Gasteiger partial charge in [0.1, 0.15) is 24.0 Å². The molecule has 1 atom stereocenters. The predicted molar refractivity (Wildman–Crippen MR) is 107 cm³/mol. The number of benzene rings is 2. The van der Waals surface area contributed by atoms with Crippen molar-refractivity contribution in [1.82, 2.24) is 0 Å². The standard InChI is InChI=1S/C23H20F2N2O4/c1-3-29-23(28)19-13(2)31-22(27)16(11-26)20(19)15-8-5-4-7-14(15)12-30-21-17(24)9-6-10-18(21)25/h4-10,20H,3,12,27H2,1-2H3. The van der Waals surface area contributed by atoms with E-state index in [4.69, 9.17) is 19.9 Å². The van der Waals surface area contributed by atoms with Gasteiger partial charge in [-0.1, -0.05) is 30.3 Å². The molecule has 0 saturated carbocycles. The van der Waals surface area contributed by atoms with Crippen LogP contribution in [0.1, 0.15) is 30.9 Å². The summed E-state index contributed by atoms with van der Waals surface area (Å²) in [6.45, 7) is 3.13. The van der Waals surface area contributed by atoms with Crippen molar-refractivity contribution < 1.29 is 27.8 Å². The Bertz CT molecular complexity index is 1100. The van der Waals surface area contributed by atoms with Crippen LogP contribution in [-0.4, -0.2) is 12.6 Å². The molecular weight excluding hydrogens is 406 g/mol. The van der Waals surface area contributed by atoms with E-state index < -0.39 is 29.3 Å². The molecule has 31 heavy (non-hydrogen) atoms. The van der Waals surface area contributed by atoms with Crippen LogP contribution in [0.4, 0.5) is 8.78 Å². The van der Waals surface area contributed by atoms with E-state index in [9.17, 15) is 18.8 Å². The maximum absolute atomic E-state index is 14.0. The number of halogens is 2. The minimum absolute atomic E-state index is 0.0261. The summed E-state index contributed by atoms with van der Waals surface area (Å²) in [5.74, 6) is -3.66. The molecule has 0 bridgehead atoms. The van der Waals surface area contributed by atoms with Crippen molar-refractivity contribution in [3.8, 4) is 11.8 Å². The first kappa shape index (κ1) is 21.8. The molecule has 6 nitrogen and oxygen atoms in total. The van der Waals surface area contributed by atoms with Crippen LogP contribution in [0.3, 0.4) is 0 Å². The number of hydrogen-bond acceptors (Lipinski definition) is 6. The van der Waals surface area contributed by atoms with Gasteiger partial charge in [-0.2, -0.15) is 5.26 Å². The average Bonchev–Trinajstić information content (AvgIpc) is 2.73. The van der Waals surface area contributed by atoms with Crippen molar-refractivity contribution in [3.05, 3.63) is 88.0 Å². The average molecular weight is 426 g/mol. The third-order valence-corrected chi connectivity index (χ3v) is 4.76. The van der Waals surface area contributed by atoms with Crippen LogP contribution in [0.15, 0.2) is 65.3 Å². The molecule has 0 amide bonds. The molecule has 0 saturated heterocycles. The minimum atomic E-state index is -0.886. The number of ether oxygens (including phenoxy) is 3. The Kier molecular flexibility index (Phi) is 6.55. The van der Waals surface area contributed by atoms with Gasteiger partial charge >= 0.3 is 5.97 Å². The Hall–Kier alpha value is -3.86. The summed E-state index contributed by atoms with van der Waals surface area (Å²) in [6.07, 6.45) is 0. The Labute approximate surface area is 178 Å². The molecule has 2 aromatic rings. The maximum atomic E-state index is 14.0. The summed E-state index contributed by atoms with van der Waals surface area (Å²) < 4.78 is 43.9. The van der Waals surface area contributed by atoms with Crippen LogP contribution >= 0.6 is 0 Å². The summed E-state index contributed by atoms with van der Waals surface area (Å²) in [4.78, 5) is 12.7. The van der Waals surface area contributed by atoms with E-state index in [1.54, 1.807) is 38.1 Å². The number of hydrogen-bond donors (Lipinski definition) is 1. The summed E-state index contributed by atoms with van der Waals surface area (Å²) in [7, 11) is 0. The van der Waals surface area contributed by atoms with Crippen molar-refractivity contribution in [2.24, 2.45) is 5.73 Å². The fourth-order valence-corrected chi connectivity index (χ4v) is 3.38. The first-order chi connectivity index (χ1) is 14.9. The summed E-state index contributed by atoms with van der Waals surface area (Å²) >= 11 is 0. The van der Waals surface area contributed by atoms with Gasteiger partial charge in [0.15, 0.2) is 17.4 Å². The Morgan fingerprint density at radius 2 is 1.87 bits per heavy atom. The second kappa shape index (κ2) is 9.30. The summed E-state index contributed by atoms with van der Waals surface area (Å²) in [5, 5.41) is 9.71. The highest BCUT2D eigenvalue weighted by Gasteiger charge is 2.37. The van der Waals surface area contributed by atoms with Crippen molar-refractivity contribution >= 4 is 5.97 Å². The van der Waals surface area contributed by atoms with Gasteiger partial charge in [-0.3, -0.25) is 0 Å². The Morgan fingerprint density at radius 3 is 2.52 bits per heavy atom. The number of rotatable bonds is 6. The number of esters is 1. The van der Waals surface area contributed by atoms with Gasteiger partial charge in [0.2, 0.25) is 5.88 Å². The second-order valence-corrected chi connectivity index (χ2v) is 6.65. The number of para-hydroxylation sites is 1. The lowest BCUT2D eigenvalue weighted by Crippen LogP contribution is -2.26. The van der Waals surface area contributed by atoms with Gasteiger partial charge in [-0.05, 0) is 37.1 Å². The number of nitrogens with two attached hydrogens (primary N) is 1. The molecule has 1 aliphatic rings. The van der Waals surface area contributed by atoms with E-state index in [1.165, 1.54) is 6.07 Å². The van der Waals surface area contributed by atoms with Gasteiger partial charge in [0.05, 0.1) is 18.1 Å². The van der Waals surface area contributed by atoms with Crippen LogP contribution in [0.25, 0.3) is 0 Å². The Morgan fingerprint density at radius 1 is 1.19 bits per heavy atom. The zero-order valence-electron chi connectivity index (χ0n) is 16.9. The summed E-state index contributed by atoms with van der Waals surface area (Å²) in [6, 6.07) is 12.2. The van der Waals surface area contributed by atoms with E-state index in [-0.39, 0.29) is 36.0 Å². The highest BCUT2D eigenvalue weighted by molar-refractivity contribution is 5.92. The molecular formula is C23H20F2N2O4. The number of carbonyl (C=O) groups is 1. The smallest absolute Gasteiger partial charge is 0.338 e. The summed E-state index contributed by atoms with van der Waals surface area (Å²) in [5.41, 5.74) is 7.08. The van der Waals surface area contributed by atoms with E-state index >= 15 is 0 Å². The maximum Gasteiger partial charge on any atom is 0.338 e. The molecule has 0 spiro atoms. The number of nitrogens with zero attached hydrogens (tertiary/aromatic N) is 1. The van der Waals surface area contributed by atoms with Crippen molar-refractivity contribution in [3.63, 3.8) is 0 Å². The van der Waals surface area contributed by atoms with Gasteiger partial charge in [0.25, 0.3) is 0 Å². The molecule has 2 N–H and O–H groups in total. The topological polar surface area (TPSA) is 94.6 Å². The quantitative estimate of drug-likeness (QED) is 0.696. The number of allylic oxidation sites excluding steroid dienone is 2. The van der Waals surface area contributed by atoms with E-state index in [0.717, 1.165) is 12.1 Å². The first-order valence-corrected chi connectivity index (χ1v) is 9.49. The molecule has 1 unspecified atom stereocenters. The molecule has 0 radical (unpaired) electrons. The zero-order chi connectivity index (χ0) is 22.5. The zero-order valence-corrected chi connectivity index (χ0v) is 16.9. The third kappa shape index (κ3) is 4.36. The van der Waals surface area contributed by atoms with Gasteiger partial charge in [-0.15, -0.1) is 0 Å². The molecule has 0 aliphatic carbocycles. The molecule has 2 aromatic carbocycles. The lowest BCUT2D eigenvalue weighted by molar-refractivity contribution is -0.139. The molecule has 1 aliphatic heterocycles. The predicted octanol–water partition coefficient (Wildman–Crippen LogP) is 4.19. The SMILES string of the molecule is CCOC(=O)C1=C(C)OC(N)=C(C#N)C1c1ccccc1COc1c(F)cccc1F. The fourth-order valence-electron chi connectivity index (χ4n) is 3.38. The highest BCUT2D eigenvalue weighted by atomic mass is 19.1. The van der Waals surface area contributed by atoms with Crippen LogP contribution in [0.2, 0.25) is 0 Å². The van der Waals surface area contributed by atoms with Crippen LogP contribution in [-0.2, 0) is 20.9 Å². The van der Waals surface area contributed by atoms with E-state index in [1.807, 2.05) is 6.07 Å². The lowest BCUT2D eigenvalue weighted by Gasteiger charge is -2.28. The normalized spacial score (nSPS) is 15.9. The molecule has 8 heteroatoms. The van der Waals surface area contributed by atoms with Gasteiger partial charge < -0.3 is 19.9 Å². The fraction of sp³-hybridized carbons (Fsp3) is 0.217. The van der Waals surface area contributed by atoms with E-state index in [0.29, 0.717) is 11.1 Å². The highest BCUT2D eigenvalue weighted by Crippen LogP contribution is 2.41. The van der Waals surface area contributed by atoms with Gasteiger partial charge in [0, 0.05) is 0 Å². The van der Waals surface area contributed by atoms with Gasteiger partial charge in [-0.25, -0.2) is 13.6 Å². The van der Waals surface area contributed by atoms with Crippen LogP contribution in [0.5, 0.6) is 5.75 Å². The van der Waals surface area contributed by atoms with Crippen molar-refractivity contribution in [1.29, 1.82) is 5.26 Å².